The van der Waals surface area contributed by atoms with Crippen LogP contribution in [-0.2, 0) is 24.4 Å². The second-order valence-corrected chi connectivity index (χ2v) is 7.38. The van der Waals surface area contributed by atoms with E-state index in [0.29, 0.717) is 28.1 Å². The Kier molecular flexibility index (Phi) is 5.75. The van der Waals surface area contributed by atoms with E-state index in [9.17, 15) is 18.0 Å². The predicted octanol–water partition coefficient (Wildman–Crippen LogP) is 5.39. The molecule has 4 rings (SSSR count). The van der Waals surface area contributed by atoms with Crippen LogP contribution in [0.3, 0.4) is 0 Å². The van der Waals surface area contributed by atoms with Crippen LogP contribution in [0.1, 0.15) is 17.1 Å². The molecule has 2 aromatic heterocycles. The summed E-state index contributed by atoms with van der Waals surface area (Å²) in [4.78, 5) is 16.2. The van der Waals surface area contributed by atoms with E-state index in [1.165, 1.54) is 6.07 Å². The molecule has 33 heavy (non-hydrogen) atoms. The zero-order chi connectivity index (χ0) is 23.6. The molecule has 0 fully saturated rings. The number of para-hydroxylation sites is 1. The van der Waals surface area contributed by atoms with Crippen molar-refractivity contribution in [3.63, 3.8) is 0 Å². The molecule has 166 valence electrons. The van der Waals surface area contributed by atoms with Crippen molar-refractivity contribution in [3.05, 3.63) is 83.8 Å². The lowest BCUT2D eigenvalue weighted by Crippen LogP contribution is -2.16. The van der Waals surface area contributed by atoms with E-state index in [1.54, 1.807) is 66.2 Å². The lowest BCUT2D eigenvalue weighted by Gasteiger charge is -2.14. The van der Waals surface area contributed by atoms with Crippen molar-refractivity contribution < 1.29 is 18.0 Å². The third kappa shape index (κ3) is 4.80. The quantitative estimate of drug-likeness (QED) is 0.428. The van der Waals surface area contributed by atoms with Gasteiger partial charge in [-0.3, -0.25) is 4.79 Å². The number of hydrogen-bond acceptors (Lipinski definition) is 4. The standard InChI is InChI=1S/C24H18F3N5O/c1-32-17(9-10-18(32)14-28)12-23(33)30-16-6-4-5-15(11-16)29-21-13-22(24(25,26)27)31-20-8-3-2-7-19(20)21/h2-11,13H,12H2,1H3,(H,29,31)(H,30,33). The van der Waals surface area contributed by atoms with Crippen molar-refractivity contribution in [3.8, 4) is 6.07 Å². The van der Waals surface area contributed by atoms with Gasteiger partial charge in [0, 0.05) is 29.5 Å². The maximum absolute atomic E-state index is 13.3. The minimum atomic E-state index is -4.58. The smallest absolute Gasteiger partial charge is 0.355 e. The van der Waals surface area contributed by atoms with Gasteiger partial charge in [-0.05, 0) is 42.5 Å². The Morgan fingerprint density at radius 2 is 1.82 bits per heavy atom. The highest BCUT2D eigenvalue weighted by atomic mass is 19.4. The van der Waals surface area contributed by atoms with E-state index < -0.39 is 11.9 Å². The number of nitriles is 1. The summed E-state index contributed by atoms with van der Waals surface area (Å²) in [5.41, 5.74) is 1.60. The molecule has 0 saturated carbocycles. The Bertz CT molecular complexity index is 1390. The number of fused-ring (bicyclic) bond motifs is 1. The van der Waals surface area contributed by atoms with Gasteiger partial charge >= 0.3 is 6.18 Å². The van der Waals surface area contributed by atoms with Crippen LogP contribution in [0.15, 0.2) is 66.7 Å². The second kappa shape index (κ2) is 8.67. The predicted molar refractivity (Wildman–Crippen MR) is 119 cm³/mol. The first-order chi connectivity index (χ1) is 15.7. The number of hydrogen-bond donors (Lipinski definition) is 2. The normalized spacial score (nSPS) is 11.2. The number of amides is 1. The van der Waals surface area contributed by atoms with Crippen molar-refractivity contribution in [2.24, 2.45) is 7.05 Å². The molecule has 0 aliphatic carbocycles. The van der Waals surface area contributed by atoms with Crippen molar-refractivity contribution in [1.82, 2.24) is 9.55 Å². The number of nitrogens with zero attached hydrogens (tertiary/aromatic N) is 3. The van der Waals surface area contributed by atoms with Gasteiger partial charge in [0.05, 0.1) is 17.6 Å². The lowest BCUT2D eigenvalue weighted by molar-refractivity contribution is -0.140. The van der Waals surface area contributed by atoms with Crippen LogP contribution in [0.2, 0.25) is 0 Å². The molecule has 9 heteroatoms. The maximum atomic E-state index is 13.3. The van der Waals surface area contributed by atoms with Crippen LogP contribution in [0.25, 0.3) is 10.9 Å². The number of benzene rings is 2. The highest BCUT2D eigenvalue weighted by Gasteiger charge is 2.33. The molecule has 4 aromatic rings. The molecule has 2 heterocycles. The fourth-order valence-corrected chi connectivity index (χ4v) is 3.47. The average molecular weight is 449 g/mol. The number of halogens is 3. The zero-order valence-corrected chi connectivity index (χ0v) is 17.4. The molecule has 0 saturated heterocycles. The van der Waals surface area contributed by atoms with E-state index in [2.05, 4.69) is 15.6 Å². The molecule has 0 spiro atoms. The summed E-state index contributed by atoms with van der Waals surface area (Å²) in [6, 6.07) is 19.6. The Labute approximate surface area is 187 Å². The SMILES string of the molecule is Cn1c(C#N)ccc1CC(=O)Nc1cccc(Nc2cc(C(F)(F)F)nc3ccccc23)c1. The first-order valence-electron chi connectivity index (χ1n) is 9.93. The van der Waals surface area contributed by atoms with Gasteiger partial charge in [-0.25, -0.2) is 4.98 Å². The van der Waals surface area contributed by atoms with Gasteiger partial charge in [-0.2, -0.15) is 18.4 Å². The molecule has 0 unspecified atom stereocenters. The van der Waals surface area contributed by atoms with Gasteiger partial charge in [0.25, 0.3) is 0 Å². The number of anilines is 3. The summed E-state index contributed by atoms with van der Waals surface area (Å²) in [6.45, 7) is 0. The fourth-order valence-electron chi connectivity index (χ4n) is 3.47. The number of rotatable bonds is 5. The molecule has 0 aliphatic heterocycles. The monoisotopic (exact) mass is 449 g/mol. The average Bonchev–Trinajstić information content (AvgIpc) is 3.12. The molecule has 0 atom stereocenters. The Morgan fingerprint density at radius 3 is 2.55 bits per heavy atom. The minimum absolute atomic E-state index is 0.0692. The largest absolute Gasteiger partial charge is 0.433 e. The number of carbonyl (C=O) groups excluding carboxylic acids is 1. The summed E-state index contributed by atoms with van der Waals surface area (Å²) >= 11 is 0. The molecule has 0 aliphatic rings. The number of pyridine rings is 1. The summed E-state index contributed by atoms with van der Waals surface area (Å²) in [6.07, 6.45) is -4.52. The Morgan fingerprint density at radius 1 is 1.06 bits per heavy atom. The molecule has 6 nitrogen and oxygen atoms in total. The topological polar surface area (TPSA) is 82.7 Å². The first-order valence-corrected chi connectivity index (χ1v) is 9.93. The summed E-state index contributed by atoms with van der Waals surface area (Å²) in [5.74, 6) is -0.286. The molecule has 1 amide bonds. The summed E-state index contributed by atoms with van der Waals surface area (Å²) in [5, 5.41) is 15.4. The Hall–Kier alpha value is -4.32. The maximum Gasteiger partial charge on any atom is 0.433 e. The van der Waals surface area contributed by atoms with E-state index in [4.69, 9.17) is 5.26 Å². The molecule has 2 N–H and O–H groups in total. The Balaban J connectivity index is 1.56. The van der Waals surface area contributed by atoms with Crippen molar-refractivity contribution >= 4 is 33.9 Å². The molecular weight excluding hydrogens is 431 g/mol. The third-order valence-corrected chi connectivity index (χ3v) is 5.11. The van der Waals surface area contributed by atoms with Crippen LogP contribution in [-0.4, -0.2) is 15.5 Å². The summed E-state index contributed by atoms with van der Waals surface area (Å²) in [7, 11) is 1.71. The van der Waals surface area contributed by atoms with Gasteiger partial charge in [0.1, 0.15) is 17.5 Å². The minimum Gasteiger partial charge on any atom is -0.355 e. The number of alkyl halides is 3. The highest BCUT2D eigenvalue weighted by Crippen LogP contribution is 2.34. The second-order valence-electron chi connectivity index (χ2n) is 7.38. The first kappa shape index (κ1) is 21.9. The van der Waals surface area contributed by atoms with Crippen LogP contribution < -0.4 is 10.6 Å². The van der Waals surface area contributed by atoms with E-state index in [-0.39, 0.29) is 23.5 Å². The number of nitrogens with one attached hydrogen (secondary N) is 2. The number of carbonyl (C=O) groups is 1. The third-order valence-electron chi connectivity index (χ3n) is 5.11. The fraction of sp³-hybridized carbons (Fsp3) is 0.125. The van der Waals surface area contributed by atoms with Crippen LogP contribution >= 0.6 is 0 Å². The number of aromatic nitrogens is 2. The van der Waals surface area contributed by atoms with Gasteiger partial charge < -0.3 is 15.2 Å². The van der Waals surface area contributed by atoms with Crippen LogP contribution in [0, 0.1) is 11.3 Å². The highest BCUT2D eigenvalue weighted by molar-refractivity contribution is 5.95. The van der Waals surface area contributed by atoms with Gasteiger partial charge in [-0.1, -0.05) is 24.3 Å². The van der Waals surface area contributed by atoms with E-state index >= 15 is 0 Å². The van der Waals surface area contributed by atoms with E-state index in [1.807, 2.05) is 6.07 Å². The lowest BCUT2D eigenvalue weighted by atomic mass is 10.1. The van der Waals surface area contributed by atoms with Crippen LogP contribution in [0.4, 0.5) is 30.2 Å². The molecule has 0 radical (unpaired) electrons. The zero-order valence-electron chi connectivity index (χ0n) is 17.4. The van der Waals surface area contributed by atoms with Crippen molar-refractivity contribution in [1.29, 1.82) is 5.26 Å². The van der Waals surface area contributed by atoms with Crippen molar-refractivity contribution in [2.75, 3.05) is 10.6 Å². The van der Waals surface area contributed by atoms with Gasteiger partial charge in [-0.15, -0.1) is 0 Å². The summed E-state index contributed by atoms with van der Waals surface area (Å²) < 4.78 is 41.6. The molecule has 2 aromatic carbocycles. The molecule has 0 bridgehead atoms. The van der Waals surface area contributed by atoms with Crippen molar-refractivity contribution in [2.45, 2.75) is 12.6 Å². The van der Waals surface area contributed by atoms with Gasteiger partial charge in [0.15, 0.2) is 0 Å². The van der Waals surface area contributed by atoms with Gasteiger partial charge in [0.2, 0.25) is 5.91 Å². The molecular formula is C24H18F3N5O. The van der Waals surface area contributed by atoms with Crippen LogP contribution in [0.5, 0.6) is 0 Å². The van der Waals surface area contributed by atoms with E-state index in [0.717, 1.165) is 6.07 Å².